The van der Waals surface area contributed by atoms with E-state index in [2.05, 4.69) is 0 Å². The zero-order valence-corrected chi connectivity index (χ0v) is 9.67. The number of fused-ring (bicyclic) bond motifs is 1. The highest BCUT2D eigenvalue weighted by Gasteiger charge is 2.31. The van der Waals surface area contributed by atoms with Gasteiger partial charge in [-0.2, -0.15) is 13.2 Å². The Morgan fingerprint density at radius 3 is 2.44 bits per heavy atom. The van der Waals surface area contributed by atoms with Gasteiger partial charge in [0.25, 0.3) is 0 Å². The van der Waals surface area contributed by atoms with Crippen LogP contribution < -0.4 is 0 Å². The minimum atomic E-state index is -4.48. The summed E-state index contributed by atoms with van der Waals surface area (Å²) in [6.45, 7) is 1.20. The van der Waals surface area contributed by atoms with Crippen LogP contribution in [-0.2, 0) is 13.2 Å². The fraction of sp³-hybridized carbons (Fsp3) is 0.250. The molecule has 0 fully saturated rings. The molecular formula is C12H10F3NO2. The first-order valence-electron chi connectivity index (χ1n) is 5.13. The topological polar surface area (TPSA) is 42.2 Å². The lowest BCUT2D eigenvalue weighted by Gasteiger charge is -2.06. The number of carbonyl (C=O) groups is 1. The molecule has 1 aromatic carbocycles. The molecule has 0 saturated carbocycles. The van der Waals surface area contributed by atoms with Gasteiger partial charge in [0.05, 0.1) is 16.6 Å². The number of Topliss-reactive ketones (excluding diaryl/α,β-unsaturated/α-hetero) is 1. The molecule has 2 rings (SSSR count). The first-order valence-corrected chi connectivity index (χ1v) is 5.13. The molecule has 0 radical (unpaired) electrons. The van der Waals surface area contributed by atoms with Crippen molar-refractivity contribution in [1.82, 2.24) is 4.57 Å². The van der Waals surface area contributed by atoms with Crippen molar-refractivity contribution in [2.45, 2.75) is 13.1 Å². The molecule has 0 amide bonds. The van der Waals surface area contributed by atoms with Gasteiger partial charge in [-0.25, -0.2) is 0 Å². The number of carbonyl (C=O) groups excluding carboxylic acids is 1. The third kappa shape index (κ3) is 1.73. The Hall–Kier alpha value is -1.98. The first kappa shape index (κ1) is 12.5. The summed E-state index contributed by atoms with van der Waals surface area (Å²) in [5.74, 6) is -0.797. The van der Waals surface area contributed by atoms with E-state index in [4.69, 9.17) is 0 Å². The number of rotatable bonds is 1. The van der Waals surface area contributed by atoms with Gasteiger partial charge >= 0.3 is 6.18 Å². The summed E-state index contributed by atoms with van der Waals surface area (Å²) in [5, 5.41) is 9.86. The predicted molar refractivity (Wildman–Crippen MR) is 59.6 cm³/mol. The van der Waals surface area contributed by atoms with Gasteiger partial charge in [0.1, 0.15) is 0 Å². The number of benzene rings is 1. The molecule has 3 nitrogen and oxygen atoms in total. The summed E-state index contributed by atoms with van der Waals surface area (Å²) in [4.78, 5) is 11.4. The Labute approximate surface area is 100 Å². The summed E-state index contributed by atoms with van der Waals surface area (Å²) < 4.78 is 39.1. The molecule has 1 N–H and O–H groups in total. The van der Waals surface area contributed by atoms with E-state index in [-0.39, 0.29) is 16.8 Å². The van der Waals surface area contributed by atoms with Gasteiger partial charge in [-0.05, 0) is 25.1 Å². The fourth-order valence-electron chi connectivity index (χ4n) is 1.95. The SMILES string of the molecule is CC(=O)c1c(O)n(C)c2ccc(C(F)(F)F)cc12. The fourth-order valence-corrected chi connectivity index (χ4v) is 1.95. The van der Waals surface area contributed by atoms with E-state index < -0.39 is 17.5 Å². The Balaban J connectivity index is 2.84. The van der Waals surface area contributed by atoms with E-state index in [0.29, 0.717) is 5.52 Å². The summed E-state index contributed by atoms with van der Waals surface area (Å²) in [5.41, 5.74) is -0.549. The van der Waals surface area contributed by atoms with Gasteiger partial charge in [0, 0.05) is 12.4 Å². The highest BCUT2D eigenvalue weighted by molar-refractivity contribution is 6.09. The summed E-state index contributed by atoms with van der Waals surface area (Å²) in [7, 11) is 1.48. The first-order chi connectivity index (χ1) is 8.23. The Morgan fingerprint density at radius 1 is 1.33 bits per heavy atom. The van der Waals surface area contributed by atoms with Gasteiger partial charge in [-0.3, -0.25) is 4.79 Å². The number of hydrogen-bond donors (Lipinski definition) is 1. The molecule has 0 unspecified atom stereocenters. The number of nitrogens with zero attached hydrogens (tertiary/aromatic N) is 1. The average molecular weight is 257 g/mol. The molecular weight excluding hydrogens is 247 g/mol. The van der Waals surface area contributed by atoms with Gasteiger partial charge in [0.2, 0.25) is 5.88 Å². The predicted octanol–water partition coefficient (Wildman–Crippen LogP) is 3.11. The van der Waals surface area contributed by atoms with Crippen molar-refractivity contribution < 1.29 is 23.1 Å². The van der Waals surface area contributed by atoms with Crippen molar-refractivity contribution >= 4 is 16.7 Å². The van der Waals surface area contributed by atoms with Crippen LogP contribution in [0.2, 0.25) is 0 Å². The normalized spacial score (nSPS) is 12.1. The standard InChI is InChI=1S/C12H10F3NO2/c1-6(17)10-8-5-7(12(13,14)15)3-4-9(8)16(2)11(10)18/h3-5,18H,1-2H3. The number of hydrogen-bond acceptors (Lipinski definition) is 2. The molecule has 2 aromatic rings. The molecule has 0 bridgehead atoms. The highest BCUT2D eigenvalue weighted by Crippen LogP contribution is 2.36. The van der Waals surface area contributed by atoms with Crippen LogP contribution >= 0.6 is 0 Å². The van der Waals surface area contributed by atoms with Crippen LogP contribution in [0.5, 0.6) is 5.88 Å². The zero-order valence-electron chi connectivity index (χ0n) is 9.67. The van der Waals surface area contributed by atoms with E-state index in [9.17, 15) is 23.1 Å². The van der Waals surface area contributed by atoms with Crippen molar-refractivity contribution in [2.75, 3.05) is 0 Å². The maximum absolute atomic E-state index is 12.6. The van der Waals surface area contributed by atoms with Crippen LogP contribution in [0.15, 0.2) is 18.2 Å². The van der Waals surface area contributed by atoms with Crippen LogP contribution in [-0.4, -0.2) is 15.5 Å². The maximum Gasteiger partial charge on any atom is 0.416 e. The van der Waals surface area contributed by atoms with Gasteiger partial charge in [-0.15, -0.1) is 0 Å². The molecule has 0 aliphatic rings. The van der Waals surface area contributed by atoms with Crippen molar-refractivity contribution in [3.05, 3.63) is 29.3 Å². The lowest BCUT2D eigenvalue weighted by atomic mass is 10.1. The number of halogens is 3. The molecule has 6 heteroatoms. The highest BCUT2D eigenvalue weighted by atomic mass is 19.4. The Kier molecular flexibility index (Phi) is 2.61. The van der Waals surface area contributed by atoms with Gasteiger partial charge in [-0.1, -0.05) is 0 Å². The molecule has 96 valence electrons. The molecule has 0 atom stereocenters. The van der Waals surface area contributed by atoms with Crippen molar-refractivity contribution in [2.24, 2.45) is 7.05 Å². The third-order valence-electron chi connectivity index (χ3n) is 2.85. The van der Waals surface area contributed by atoms with E-state index in [1.54, 1.807) is 0 Å². The lowest BCUT2D eigenvalue weighted by Crippen LogP contribution is -2.04. The van der Waals surface area contributed by atoms with Crippen LogP contribution in [0.1, 0.15) is 22.8 Å². The number of aromatic hydroxyl groups is 1. The number of alkyl halides is 3. The summed E-state index contributed by atoms with van der Waals surface area (Å²) in [6.07, 6.45) is -4.48. The molecule has 1 aromatic heterocycles. The van der Waals surface area contributed by atoms with Crippen molar-refractivity contribution in [1.29, 1.82) is 0 Å². The molecule has 0 spiro atoms. The lowest BCUT2D eigenvalue weighted by molar-refractivity contribution is -0.137. The van der Waals surface area contributed by atoms with Gasteiger partial charge < -0.3 is 9.67 Å². The average Bonchev–Trinajstić information content (AvgIpc) is 2.50. The van der Waals surface area contributed by atoms with E-state index in [0.717, 1.165) is 12.1 Å². The van der Waals surface area contributed by atoms with E-state index >= 15 is 0 Å². The van der Waals surface area contributed by atoms with E-state index in [1.165, 1.54) is 24.6 Å². The summed E-state index contributed by atoms with van der Waals surface area (Å²) in [6, 6.07) is 3.04. The van der Waals surface area contributed by atoms with Crippen molar-refractivity contribution in [3.8, 4) is 5.88 Å². The smallest absolute Gasteiger partial charge is 0.416 e. The molecule has 0 saturated heterocycles. The Bertz CT molecular complexity index is 641. The van der Waals surface area contributed by atoms with E-state index in [1.807, 2.05) is 0 Å². The second-order valence-electron chi connectivity index (χ2n) is 4.04. The number of ketones is 1. The molecule has 0 aliphatic carbocycles. The number of aromatic nitrogens is 1. The minimum absolute atomic E-state index is 0.0846. The minimum Gasteiger partial charge on any atom is -0.494 e. The molecule has 1 heterocycles. The van der Waals surface area contributed by atoms with Crippen LogP contribution in [0, 0.1) is 0 Å². The number of aryl methyl sites for hydroxylation is 1. The second kappa shape index (κ2) is 3.76. The monoisotopic (exact) mass is 257 g/mol. The zero-order chi connectivity index (χ0) is 13.7. The maximum atomic E-state index is 12.6. The third-order valence-corrected chi connectivity index (χ3v) is 2.85. The molecule has 18 heavy (non-hydrogen) atoms. The molecule has 0 aliphatic heterocycles. The van der Waals surface area contributed by atoms with Crippen LogP contribution in [0.4, 0.5) is 13.2 Å². The van der Waals surface area contributed by atoms with Crippen molar-refractivity contribution in [3.63, 3.8) is 0 Å². The Morgan fingerprint density at radius 2 is 1.94 bits per heavy atom. The quantitative estimate of drug-likeness (QED) is 0.797. The van der Waals surface area contributed by atoms with Gasteiger partial charge in [0.15, 0.2) is 5.78 Å². The largest absolute Gasteiger partial charge is 0.494 e. The second-order valence-corrected chi connectivity index (χ2v) is 4.04. The van der Waals surface area contributed by atoms with Crippen LogP contribution in [0.25, 0.3) is 10.9 Å². The van der Waals surface area contributed by atoms with Crippen LogP contribution in [0.3, 0.4) is 0 Å². The summed E-state index contributed by atoms with van der Waals surface area (Å²) >= 11 is 0.